The van der Waals surface area contributed by atoms with Crippen molar-refractivity contribution in [3.05, 3.63) is 59.9 Å². The minimum atomic E-state index is -3.11. The fourth-order valence-electron chi connectivity index (χ4n) is 1.65. The van der Waals surface area contributed by atoms with Gasteiger partial charge >= 0.3 is 0 Å². The Kier molecular flexibility index (Phi) is 3.64. The smallest absolute Gasteiger partial charge is 0.158 e. The largest absolute Gasteiger partial charge is 0.497 e. The lowest BCUT2D eigenvalue weighted by atomic mass is 10.2. The van der Waals surface area contributed by atoms with Crippen molar-refractivity contribution in [2.45, 2.75) is 5.75 Å². The highest BCUT2D eigenvalue weighted by atomic mass is 32.2. The van der Waals surface area contributed by atoms with Gasteiger partial charge in [0.1, 0.15) is 6.61 Å². The van der Waals surface area contributed by atoms with Gasteiger partial charge in [-0.15, -0.1) is 0 Å². The van der Waals surface area contributed by atoms with E-state index in [0.717, 1.165) is 11.1 Å². The van der Waals surface area contributed by atoms with Crippen molar-refractivity contribution in [2.75, 3.05) is 12.4 Å². The minimum absolute atomic E-state index is 0.0712. The number of allylic oxidation sites excluding steroid dienone is 1. The molecule has 1 aromatic carbocycles. The molecule has 0 fully saturated rings. The Balaban J connectivity index is 2.05. The molecule has 17 heavy (non-hydrogen) atoms. The van der Waals surface area contributed by atoms with E-state index < -0.39 is 9.84 Å². The zero-order valence-electron chi connectivity index (χ0n) is 9.37. The number of sulfone groups is 1. The SMILES string of the molecule is O=S(=O)(CC1=CCOC=C1)Cc1ccccc1. The fourth-order valence-corrected chi connectivity index (χ4v) is 3.18. The summed E-state index contributed by atoms with van der Waals surface area (Å²) in [4.78, 5) is 0. The number of benzene rings is 1. The maximum Gasteiger partial charge on any atom is 0.158 e. The first-order valence-corrected chi connectivity index (χ1v) is 7.19. The molecule has 0 N–H and O–H groups in total. The van der Waals surface area contributed by atoms with Crippen LogP contribution in [0, 0.1) is 0 Å². The second-order valence-corrected chi connectivity index (χ2v) is 6.00. The second-order valence-electron chi connectivity index (χ2n) is 3.93. The molecule has 0 aromatic heterocycles. The van der Waals surface area contributed by atoms with E-state index in [4.69, 9.17) is 4.74 Å². The summed E-state index contributed by atoms with van der Waals surface area (Å²) >= 11 is 0. The number of hydrogen-bond acceptors (Lipinski definition) is 3. The van der Waals surface area contributed by atoms with Gasteiger partial charge in [0.2, 0.25) is 0 Å². The maximum absolute atomic E-state index is 12.0. The fraction of sp³-hybridized carbons (Fsp3) is 0.231. The van der Waals surface area contributed by atoms with Crippen LogP contribution in [0.5, 0.6) is 0 Å². The molecule has 3 nitrogen and oxygen atoms in total. The molecule has 0 aliphatic carbocycles. The molecule has 1 heterocycles. The molecular weight excluding hydrogens is 236 g/mol. The van der Waals surface area contributed by atoms with Crippen molar-refractivity contribution in [1.82, 2.24) is 0 Å². The summed E-state index contributed by atoms with van der Waals surface area (Å²) in [6.45, 7) is 0.451. The van der Waals surface area contributed by atoms with Crippen LogP contribution in [-0.4, -0.2) is 20.8 Å². The summed E-state index contributed by atoms with van der Waals surface area (Å²) in [7, 11) is -3.11. The molecule has 0 unspecified atom stereocenters. The first kappa shape index (κ1) is 11.9. The lowest BCUT2D eigenvalue weighted by molar-refractivity contribution is 0.284. The summed E-state index contributed by atoms with van der Waals surface area (Å²) in [5.41, 5.74) is 1.62. The van der Waals surface area contributed by atoms with Gasteiger partial charge in [-0.1, -0.05) is 30.3 Å². The third-order valence-electron chi connectivity index (χ3n) is 2.44. The Morgan fingerprint density at radius 1 is 1.12 bits per heavy atom. The van der Waals surface area contributed by atoms with Crippen molar-refractivity contribution in [2.24, 2.45) is 0 Å². The molecule has 0 radical (unpaired) electrons. The van der Waals surface area contributed by atoms with Crippen LogP contribution < -0.4 is 0 Å². The van der Waals surface area contributed by atoms with Crippen molar-refractivity contribution in [3.8, 4) is 0 Å². The van der Waals surface area contributed by atoms with Crippen molar-refractivity contribution < 1.29 is 13.2 Å². The van der Waals surface area contributed by atoms with Crippen LogP contribution in [0.4, 0.5) is 0 Å². The Bertz CT molecular complexity index is 527. The summed E-state index contributed by atoms with van der Waals surface area (Å²) < 4.78 is 28.9. The molecule has 0 amide bonds. The molecular formula is C13H14O3S. The predicted molar refractivity (Wildman–Crippen MR) is 67.1 cm³/mol. The molecule has 90 valence electrons. The molecule has 1 aliphatic rings. The Morgan fingerprint density at radius 3 is 2.53 bits per heavy atom. The van der Waals surface area contributed by atoms with Crippen LogP contribution in [0.25, 0.3) is 0 Å². The van der Waals surface area contributed by atoms with Crippen molar-refractivity contribution in [3.63, 3.8) is 0 Å². The van der Waals surface area contributed by atoms with Crippen LogP contribution in [0.3, 0.4) is 0 Å². The normalized spacial score (nSPS) is 15.2. The zero-order chi connectivity index (χ0) is 12.1. The number of rotatable bonds is 4. The zero-order valence-corrected chi connectivity index (χ0v) is 10.2. The van der Waals surface area contributed by atoms with E-state index >= 15 is 0 Å². The first-order chi connectivity index (χ1) is 8.16. The summed E-state index contributed by atoms with van der Waals surface area (Å²) in [5.74, 6) is 0.154. The highest BCUT2D eigenvalue weighted by molar-refractivity contribution is 7.90. The van der Waals surface area contributed by atoms with Gasteiger partial charge in [0.05, 0.1) is 17.8 Å². The molecule has 1 aromatic rings. The molecule has 1 aliphatic heterocycles. The Labute approximate surface area is 101 Å². The third kappa shape index (κ3) is 3.75. The van der Waals surface area contributed by atoms with Crippen molar-refractivity contribution in [1.29, 1.82) is 0 Å². The quantitative estimate of drug-likeness (QED) is 0.821. The third-order valence-corrected chi connectivity index (χ3v) is 3.98. The standard InChI is InChI=1S/C13H14O3S/c14-17(15,10-12-4-2-1-3-5-12)11-13-6-8-16-9-7-13/h1-8H,9-11H2. The molecule has 0 bridgehead atoms. The van der Waals surface area contributed by atoms with Gasteiger partial charge < -0.3 is 4.74 Å². The molecule has 0 saturated heterocycles. The van der Waals surface area contributed by atoms with E-state index in [0.29, 0.717) is 6.61 Å². The molecule has 0 saturated carbocycles. The average molecular weight is 250 g/mol. The summed E-state index contributed by atoms with van der Waals surface area (Å²) in [5, 5.41) is 0. The summed E-state index contributed by atoms with van der Waals surface area (Å²) in [6, 6.07) is 9.22. The van der Waals surface area contributed by atoms with E-state index in [1.54, 1.807) is 12.2 Å². The van der Waals surface area contributed by atoms with Crippen LogP contribution in [-0.2, 0) is 20.3 Å². The van der Waals surface area contributed by atoms with Gasteiger partial charge in [0, 0.05) is 0 Å². The molecule has 4 heteroatoms. The highest BCUT2D eigenvalue weighted by Gasteiger charge is 2.14. The van der Waals surface area contributed by atoms with Crippen LogP contribution in [0.15, 0.2) is 54.3 Å². The highest BCUT2D eigenvalue weighted by Crippen LogP contribution is 2.12. The second kappa shape index (κ2) is 5.19. The van der Waals surface area contributed by atoms with Gasteiger partial charge in [-0.05, 0) is 23.3 Å². The molecule has 2 rings (SSSR count). The number of ether oxygens (including phenoxy) is 1. The maximum atomic E-state index is 12.0. The predicted octanol–water partition coefficient (Wildman–Crippen LogP) is 2.07. The van der Waals surface area contributed by atoms with Gasteiger partial charge in [0.15, 0.2) is 9.84 Å². The summed E-state index contributed by atoms with van der Waals surface area (Å²) in [6.07, 6.45) is 5.03. The van der Waals surface area contributed by atoms with Crippen LogP contribution in [0.1, 0.15) is 5.56 Å². The van der Waals surface area contributed by atoms with Gasteiger partial charge in [0.25, 0.3) is 0 Å². The topological polar surface area (TPSA) is 43.4 Å². The van der Waals surface area contributed by atoms with E-state index in [1.165, 1.54) is 6.26 Å². The van der Waals surface area contributed by atoms with E-state index in [-0.39, 0.29) is 11.5 Å². The van der Waals surface area contributed by atoms with E-state index in [1.807, 2.05) is 30.3 Å². The lowest BCUT2D eigenvalue weighted by Gasteiger charge is -2.09. The van der Waals surface area contributed by atoms with Gasteiger partial charge in [-0.25, -0.2) is 8.42 Å². The number of hydrogen-bond donors (Lipinski definition) is 0. The average Bonchev–Trinajstić information content (AvgIpc) is 2.30. The minimum Gasteiger partial charge on any atom is -0.497 e. The first-order valence-electron chi connectivity index (χ1n) is 5.37. The van der Waals surface area contributed by atoms with Gasteiger partial charge in [-0.2, -0.15) is 0 Å². The molecule has 0 spiro atoms. The lowest BCUT2D eigenvalue weighted by Crippen LogP contribution is -2.12. The van der Waals surface area contributed by atoms with Crippen LogP contribution in [0.2, 0.25) is 0 Å². The van der Waals surface area contributed by atoms with Gasteiger partial charge in [-0.3, -0.25) is 0 Å². The Morgan fingerprint density at radius 2 is 1.88 bits per heavy atom. The van der Waals surface area contributed by atoms with E-state index in [2.05, 4.69) is 0 Å². The monoisotopic (exact) mass is 250 g/mol. The Hall–Kier alpha value is -1.55. The van der Waals surface area contributed by atoms with Crippen molar-refractivity contribution >= 4 is 9.84 Å². The molecule has 0 atom stereocenters. The van der Waals surface area contributed by atoms with Crippen LogP contribution >= 0.6 is 0 Å². The van der Waals surface area contributed by atoms with E-state index in [9.17, 15) is 8.42 Å².